The largest absolute Gasteiger partial charge is 0.458 e. The van der Waals surface area contributed by atoms with Gasteiger partial charge in [-0.1, -0.05) is 37.3 Å². The van der Waals surface area contributed by atoms with Crippen LogP contribution in [0.3, 0.4) is 0 Å². The first-order chi connectivity index (χ1) is 7.66. The van der Waals surface area contributed by atoms with Crippen LogP contribution in [0, 0.1) is 0 Å². The smallest absolute Gasteiger partial charge is 0.331 e. The van der Waals surface area contributed by atoms with E-state index in [0.29, 0.717) is 6.42 Å². The number of alkyl halides is 1. The molecule has 0 spiro atoms. The van der Waals surface area contributed by atoms with Crippen LogP contribution in [0.1, 0.15) is 25.3 Å². The van der Waals surface area contributed by atoms with Crippen molar-refractivity contribution in [3.8, 4) is 0 Å². The van der Waals surface area contributed by atoms with Crippen molar-refractivity contribution in [3.63, 3.8) is 0 Å². The van der Waals surface area contributed by atoms with Gasteiger partial charge < -0.3 is 4.74 Å². The van der Waals surface area contributed by atoms with Crippen molar-refractivity contribution in [1.29, 1.82) is 0 Å². The maximum atomic E-state index is 11.3. The number of halogens is 1. The van der Waals surface area contributed by atoms with E-state index < -0.39 is 4.87 Å². The van der Waals surface area contributed by atoms with E-state index >= 15 is 0 Å². The minimum atomic E-state index is -0.769. The molecule has 2 rings (SSSR count). The number of cyclic esters (lactones) is 1. The number of hydrogen-bond acceptors (Lipinski definition) is 2. The molecule has 0 radical (unpaired) electrons. The predicted molar refractivity (Wildman–Crippen MR) is 63.5 cm³/mol. The van der Waals surface area contributed by atoms with Gasteiger partial charge >= 0.3 is 5.97 Å². The SMILES string of the molecule is CC[C@]1(Cl)C(=O)O[C@H]1CCc1ccccc1. The van der Waals surface area contributed by atoms with E-state index in [0.717, 1.165) is 12.8 Å². The molecule has 1 aliphatic heterocycles. The summed E-state index contributed by atoms with van der Waals surface area (Å²) >= 11 is 6.20. The van der Waals surface area contributed by atoms with Gasteiger partial charge in [0.05, 0.1) is 0 Å². The lowest BCUT2D eigenvalue weighted by Gasteiger charge is -2.41. The van der Waals surface area contributed by atoms with E-state index in [-0.39, 0.29) is 12.1 Å². The Morgan fingerprint density at radius 3 is 2.62 bits per heavy atom. The third-order valence-corrected chi connectivity index (χ3v) is 3.82. The Morgan fingerprint density at radius 1 is 1.38 bits per heavy atom. The number of aryl methyl sites for hydroxylation is 1. The molecule has 0 N–H and O–H groups in total. The Balaban J connectivity index is 1.91. The third kappa shape index (κ3) is 1.94. The number of benzene rings is 1. The molecule has 1 heterocycles. The molecule has 1 aromatic rings. The zero-order valence-corrected chi connectivity index (χ0v) is 10.0. The molecular formula is C13H15ClO2. The molecule has 0 amide bonds. The Labute approximate surface area is 101 Å². The normalized spacial score (nSPS) is 28.4. The molecule has 0 saturated carbocycles. The molecule has 1 aromatic carbocycles. The molecule has 2 atom stereocenters. The monoisotopic (exact) mass is 238 g/mol. The van der Waals surface area contributed by atoms with Gasteiger partial charge in [0, 0.05) is 0 Å². The minimum Gasteiger partial charge on any atom is -0.458 e. The van der Waals surface area contributed by atoms with Gasteiger partial charge in [-0.2, -0.15) is 0 Å². The minimum absolute atomic E-state index is 0.133. The first kappa shape index (κ1) is 11.5. The summed E-state index contributed by atoms with van der Waals surface area (Å²) in [4.78, 5) is 10.5. The van der Waals surface area contributed by atoms with Crippen LogP contribution in [0.5, 0.6) is 0 Å². The summed E-state index contributed by atoms with van der Waals surface area (Å²) in [6.45, 7) is 1.92. The first-order valence-electron chi connectivity index (χ1n) is 5.60. The molecule has 1 aliphatic rings. The quantitative estimate of drug-likeness (QED) is 0.596. The van der Waals surface area contributed by atoms with E-state index in [9.17, 15) is 4.79 Å². The molecule has 1 saturated heterocycles. The van der Waals surface area contributed by atoms with Crippen molar-refractivity contribution >= 4 is 17.6 Å². The summed E-state index contributed by atoms with van der Waals surface area (Å²) < 4.78 is 5.10. The highest BCUT2D eigenvalue weighted by atomic mass is 35.5. The third-order valence-electron chi connectivity index (χ3n) is 3.15. The predicted octanol–water partition coefficient (Wildman–Crippen LogP) is 2.93. The number of carbonyl (C=O) groups excluding carboxylic acids is 1. The first-order valence-corrected chi connectivity index (χ1v) is 5.98. The van der Waals surface area contributed by atoms with Crippen molar-refractivity contribution < 1.29 is 9.53 Å². The van der Waals surface area contributed by atoms with Crippen LogP contribution in [0.15, 0.2) is 30.3 Å². The maximum Gasteiger partial charge on any atom is 0.331 e. The number of hydrogen-bond donors (Lipinski definition) is 0. The Morgan fingerprint density at radius 2 is 2.06 bits per heavy atom. The van der Waals surface area contributed by atoms with Gasteiger partial charge in [0.2, 0.25) is 0 Å². The van der Waals surface area contributed by atoms with Crippen LogP contribution >= 0.6 is 11.6 Å². The van der Waals surface area contributed by atoms with E-state index in [1.807, 2.05) is 25.1 Å². The second-order valence-electron chi connectivity index (χ2n) is 4.13. The lowest BCUT2D eigenvalue weighted by molar-refractivity contribution is -0.180. The number of rotatable bonds is 4. The van der Waals surface area contributed by atoms with E-state index in [1.165, 1.54) is 5.56 Å². The average Bonchev–Trinajstić information content (AvgIpc) is 2.34. The standard InChI is InChI=1S/C13H15ClO2/c1-2-13(14)11(16-12(13)15)9-8-10-6-4-3-5-7-10/h3-7,11H,2,8-9H2,1H3/t11-,13+/m0/s1. The molecule has 86 valence electrons. The van der Waals surface area contributed by atoms with Crippen molar-refractivity contribution in [1.82, 2.24) is 0 Å². The zero-order valence-electron chi connectivity index (χ0n) is 9.28. The van der Waals surface area contributed by atoms with Crippen LogP contribution in [0.4, 0.5) is 0 Å². The van der Waals surface area contributed by atoms with Gasteiger partial charge in [0.15, 0.2) is 4.87 Å². The Hall–Kier alpha value is -1.02. The summed E-state index contributed by atoms with van der Waals surface area (Å²) in [5, 5.41) is 0. The van der Waals surface area contributed by atoms with E-state index in [1.54, 1.807) is 0 Å². The Bertz CT molecular complexity index is 377. The fourth-order valence-corrected chi connectivity index (χ4v) is 2.19. The molecular weight excluding hydrogens is 224 g/mol. The summed E-state index contributed by atoms with van der Waals surface area (Å²) in [6, 6.07) is 10.2. The maximum absolute atomic E-state index is 11.3. The molecule has 3 heteroatoms. The highest BCUT2D eigenvalue weighted by molar-refractivity contribution is 6.36. The van der Waals surface area contributed by atoms with E-state index in [4.69, 9.17) is 16.3 Å². The van der Waals surface area contributed by atoms with Crippen LogP contribution < -0.4 is 0 Å². The fraction of sp³-hybridized carbons (Fsp3) is 0.462. The van der Waals surface area contributed by atoms with Crippen molar-refractivity contribution in [2.75, 3.05) is 0 Å². The van der Waals surface area contributed by atoms with Crippen molar-refractivity contribution in [3.05, 3.63) is 35.9 Å². The summed E-state index contributed by atoms with van der Waals surface area (Å²) in [7, 11) is 0. The number of ether oxygens (including phenoxy) is 1. The van der Waals surface area contributed by atoms with Gasteiger partial charge in [0.1, 0.15) is 6.10 Å². The molecule has 2 nitrogen and oxygen atoms in total. The summed E-state index contributed by atoms with van der Waals surface area (Å²) in [5.41, 5.74) is 1.25. The summed E-state index contributed by atoms with van der Waals surface area (Å²) in [5.74, 6) is -0.269. The lowest BCUT2D eigenvalue weighted by atomic mass is 9.88. The highest BCUT2D eigenvalue weighted by Crippen LogP contribution is 2.39. The van der Waals surface area contributed by atoms with Crippen LogP contribution in [0.25, 0.3) is 0 Å². The molecule has 1 fully saturated rings. The second-order valence-corrected chi connectivity index (χ2v) is 4.81. The number of esters is 1. The molecule has 0 aromatic heterocycles. The van der Waals surface area contributed by atoms with Crippen molar-refractivity contribution in [2.45, 2.75) is 37.2 Å². The average molecular weight is 239 g/mol. The summed E-state index contributed by atoms with van der Waals surface area (Å²) in [6.07, 6.45) is 2.19. The van der Waals surface area contributed by atoms with Crippen LogP contribution in [-0.2, 0) is 16.0 Å². The fourth-order valence-electron chi connectivity index (χ4n) is 2.00. The molecule has 0 unspecified atom stereocenters. The molecule has 0 aliphatic carbocycles. The lowest BCUT2D eigenvalue weighted by Crippen LogP contribution is -2.58. The Kier molecular flexibility index (Phi) is 3.20. The van der Waals surface area contributed by atoms with E-state index in [2.05, 4.69) is 12.1 Å². The van der Waals surface area contributed by atoms with Crippen LogP contribution in [-0.4, -0.2) is 16.9 Å². The molecule has 16 heavy (non-hydrogen) atoms. The second kappa shape index (κ2) is 4.46. The number of carbonyl (C=O) groups is 1. The van der Waals surface area contributed by atoms with Gasteiger partial charge in [0.25, 0.3) is 0 Å². The van der Waals surface area contributed by atoms with Gasteiger partial charge in [-0.05, 0) is 24.8 Å². The molecule has 0 bridgehead atoms. The van der Waals surface area contributed by atoms with Gasteiger partial charge in [-0.25, -0.2) is 4.79 Å². The zero-order chi connectivity index (χ0) is 11.6. The van der Waals surface area contributed by atoms with Crippen molar-refractivity contribution in [2.24, 2.45) is 0 Å². The van der Waals surface area contributed by atoms with Crippen LogP contribution in [0.2, 0.25) is 0 Å². The van der Waals surface area contributed by atoms with Gasteiger partial charge in [-0.15, -0.1) is 11.6 Å². The van der Waals surface area contributed by atoms with Gasteiger partial charge in [-0.3, -0.25) is 0 Å². The highest BCUT2D eigenvalue weighted by Gasteiger charge is 2.55. The topological polar surface area (TPSA) is 26.3 Å².